The molecule has 0 unspecified atom stereocenters. The number of fused-ring (bicyclic) bond motifs is 1. The Morgan fingerprint density at radius 1 is 0.824 bits per heavy atom. The van der Waals surface area contributed by atoms with Crippen LogP contribution in [0.2, 0.25) is 0 Å². The third-order valence-electron chi connectivity index (χ3n) is 5.89. The van der Waals surface area contributed by atoms with Crippen molar-refractivity contribution in [2.24, 2.45) is 0 Å². The van der Waals surface area contributed by atoms with Crippen LogP contribution in [0.4, 0.5) is 11.4 Å². The summed E-state index contributed by atoms with van der Waals surface area (Å²) < 4.78 is 1.09. The number of thiophene rings is 1. The smallest absolute Gasteiger partial charge is 0.257 e. The van der Waals surface area contributed by atoms with Gasteiger partial charge in [-0.3, -0.25) is 9.78 Å². The van der Waals surface area contributed by atoms with Gasteiger partial charge >= 0.3 is 0 Å². The molecule has 5 aromatic rings. The predicted octanol–water partition coefficient (Wildman–Crippen LogP) is 7.26. The Balaban J connectivity index is 1.63. The van der Waals surface area contributed by atoms with Crippen molar-refractivity contribution < 1.29 is 4.79 Å². The van der Waals surface area contributed by atoms with Crippen molar-refractivity contribution in [2.45, 2.75) is 6.92 Å². The number of anilines is 2. The van der Waals surface area contributed by atoms with E-state index >= 15 is 0 Å². The fourth-order valence-electron chi connectivity index (χ4n) is 3.99. The number of carbonyl (C=O) groups excluding carboxylic acids is 1. The molecule has 0 aliphatic rings. The van der Waals surface area contributed by atoms with Gasteiger partial charge in [-0.05, 0) is 53.9 Å². The van der Waals surface area contributed by atoms with Crippen molar-refractivity contribution in [2.75, 3.05) is 24.3 Å². The summed E-state index contributed by atoms with van der Waals surface area (Å²) in [5, 5.41) is 4.01. The maximum Gasteiger partial charge on any atom is 0.257 e. The molecular weight excluding hydrogens is 438 g/mol. The second kappa shape index (κ2) is 9.12. The Morgan fingerprint density at radius 2 is 1.47 bits per heavy atom. The van der Waals surface area contributed by atoms with E-state index in [0.717, 1.165) is 37.5 Å². The Bertz CT molecular complexity index is 1450. The zero-order valence-electron chi connectivity index (χ0n) is 19.4. The lowest BCUT2D eigenvalue weighted by atomic mass is 10.0. The monoisotopic (exact) mass is 463 g/mol. The quantitative estimate of drug-likeness (QED) is 0.298. The summed E-state index contributed by atoms with van der Waals surface area (Å²) in [6, 6.07) is 26.8. The average Bonchev–Trinajstić information content (AvgIpc) is 3.24. The van der Waals surface area contributed by atoms with Gasteiger partial charge in [0, 0.05) is 52.8 Å². The molecule has 0 saturated carbocycles. The van der Waals surface area contributed by atoms with Crippen LogP contribution in [0.1, 0.15) is 15.9 Å². The van der Waals surface area contributed by atoms with Gasteiger partial charge in [-0.1, -0.05) is 54.1 Å². The molecule has 0 spiro atoms. The summed E-state index contributed by atoms with van der Waals surface area (Å²) in [7, 11) is 4.04. The molecule has 4 nitrogen and oxygen atoms in total. The molecule has 0 fully saturated rings. The first-order chi connectivity index (χ1) is 16.5. The summed E-state index contributed by atoms with van der Waals surface area (Å²) in [5.74, 6) is -0.118. The van der Waals surface area contributed by atoms with E-state index < -0.39 is 0 Å². The Morgan fingerprint density at radius 3 is 2.15 bits per heavy atom. The number of nitrogens with one attached hydrogen (secondary N) is 1. The average molecular weight is 464 g/mol. The van der Waals surface area contributed by atoms with Crippen LogP contribution in [0.15, 0.2) is 91.3 Å². The van der Waals surface area contributed by atoms with E-state index in [4.69, 9.17) is 0 Å². The molecule has 1 amide bonds. The number of benzene rings is 3. The van der Waals surface area contributed by atoms with Gasteiger partial charge in [0.05, 0.1) is 5.56 Å². The number of carbonyl (C=O) groups is 1. The number of nitrogens with zero attached hydrogens (tertiary/aromatic N) is 2. The SMILES string of the molecule is Cc1ccc(-c2ccc3c(C(=O)Nc4ccncc4)c(-c4ccc(N(C)C)cc4)sc3c2)cc1. The van der Waals surface area contributed by atoms with E-state index in [1.807, 2.05) is 14.1 Å². The summed E-state index contributed by atoms with van der Waals surface area (Å²) in [5.41, 5.74) is 7.12. The van der Waals surface area contributed by atoms with Crippen molar-refractivity contribution in [1.82, 2.24) is 4.98 Å². The number of rotatable bonds is 5. The van der Waals surface area contributed by atoms with Crippen LogP contribution in [0, 0.1) is 6.92 Å². The van der Waals surface area contributed by atoms with E-state index in [0.29, 0.717) is 5.56 Å². The normalized spacial score (nSPS) is 10.9. The lowest BCUT2D eigenvalue weighted by molar-refractivity contribution is 0.102. The Kier molecular flexibility index (Phi) is 5.86. The lowest BCUT2D eigenvalue weighted by Gasteiger charge is -2.13. The van der Waals surface area contributed by atoms with Crippen LogP contribution in [0.25, 0.3) is 31.7 Å². The third kappa shape index (κ3) is 4.30. The van der Waals surface area contributed by atoms with E-state index in [-0.39, 0.29) is 5.91 Å². The first kappa shape index (κ1) is 21.9. The minimum absolute atomic E-state index is 0.118. The van der Waals surface area contributed by atoms with Gasteiger partial charge in [-0.25, -0.2) is 0 Å². The third-order valence-corrected chi connectivity index (χ3v) is 7.09. The first-order valence-corrected chi connectivity index (χ1v) is 11.9. The van der Waals surface area contributed by atoms with Crippen molar-refractivity contribution in [3.8, 4) is 21.6 Å². The largest absolute Gasteiger partial charge is 0.378 e. The molecule has 0 radical (unpaired) electrons. The minimum atomic E-state index is -0.118. The van der Waals surface area contributed by atoms with E-state index in [9.17, 15) is 4.79 Å². The van der Waals surface area contributed by atoms with Gasteiger partial charge < -0.3 is 10.2 Å². The van der Waals surface area contributed by atoms with Crippen LogP contribution in [-0.4, -0.2) is 25.0 Å². The number of aromatic nitrogens is 1. The fraction of sp³-hybridized carbons (Fsp3) is 0.103. The molecule has 5 rings (SSSR count). The Hall–Kier alpha value is -3.96. The second-order valence-corrected chi connectivity index (χ2v) is 9.57. The molecule has 0 bridgehead atoms. The molecule has 5 heteroatoms. The highest BCUT2D eigenvalue weighted by Crippen LogP contribution is 2.41. The molecule has 2 aromatic heterocycles. The van der Waals surface area contributed by atoms with Crippen LogP contribution < -0.4 is 10.2 Å². The lowest BCUT2D eigenvalue weighted by Crippen LogP contribution is -2.12. The van der Waals surface area contributed by atoms with Gasteiger partial charge in [-0.15, -0.1) is 11.3 Å². The zero-order chi connectivity index (χ0) is 23.7. The van der Waals surface area contributed by atoms with E-state index in [2.05, 4.69) is 88.9 Å². The van der Waals surface area contributed by atoms with Gasteiger partial charge in [0.25, 0.3) is 5.91 Å². The molecule has 34 heavy (non-hydrogen) atoms. The van der Waals surface area contributed by atoms with Crippen molar-refractivity contribution in [1.29, 1.82) is 0 Å². The molecule has 0 aliphatic carbocycles. The number of hydrogen-bond acceptors (Lipinski definition) is 4. The minimum Gasteiger partial charge on any atom is -0.378 e. The molecule has 0 saturated heterocycles. The van der Waals surface area contributed by atoms with Crippen LogP contribution >= 0.6 is 11.3 Å². The molecule has 3 aromatic carbocycles. The van der Waals surface area contributed by atoms with Crippen LogP contribution in [0.5, 0.6) is 0 Å². The van der Waals surface area contributed by atoms with Gasteiger partial charge in [0.2, 0.25) is 0 Å². The molecule has 1 N–H and O–H groups in total. The molecule has 2 heterocycles. The van der Waals surface area contributed by atoms with Crippen molar-refractivity contribution >= 4 is 38.7 Å². The van der Waals surface area contributed by atoms with Gasteiger partial charge in [0.1, 0.15) is 0 Å². The van der Waals surface area contributed by atoms with Crippen molar-refractivity contribution in [3.63, 3.8) is 0 Å². The number of hydrogen-bond donors (Lipinski definition) is 1. The molecular formula is C29H25N3OS. The second-order valence-electron chi connectivity index (χ2n) is 8.51. The summed E-state index contributed by atoms with van der Waals surface area (Å²) in [6.07, 6.45) is 3.35. The summed E-state index contributed by atoms with van der Waals surface area (Å²) in [4.78, 5) is 20.6. The molecule has 168 valence electrons. The van der Waals surface area contributed by atoms with E-state index in [1.54, 1.807) is 35.9 Å². The topological polar surface area (TPSA) is 45.2 Å². The van der Waals surface area contributed by atoms with Crippen molar-refractivity contribution in [3.05, 3.63) is 102 Å². The summed E-state index contributed by atoms with van der Waals surface area (Å²) in [6.45, 7) is 2.09. The molecule has 0 atom stereocenters. The highest BCUT2D eigenvalue weighted by molar-refractivity contribution is 7.22. The van der Waals surface area contributed by atoms with Gasteiger partial charge in [0.15, 0.2) is 0 Å². The maximum absolute atomic E-state index is 13.5. The van der Waals surface area contributed by atoms with Crippen LogP contribution in [0.3, 0.4) is 0 Å². The first-order valence-electron chi connectivity index (χ1n) is 11.1. The zero-order valence-corrected chi connectivity index (χ0v) is 20.2. The maximum atomic E-state index is 13.5. The van der Waals surface area contributed by atoms with Crippen LogP contribution in [-0.2, 0) is 0 Å². The van der Waals surface area contributed by atoms with E-state index in [1.165, 1.54) is 11.1 Å². The Labute approximate surface area is 203 Å². The van der Waals surface area contributed by atoms with Gasteiger partial charge in [-0.2, -0.15) is 0 Å². The predicted molar refractivity (Wildman–Crippen MR) is 144 cm³/mol. The standard InChI is InChI=1S/C29H25N3OS/c1-19-4-6-20(7-5-19)22-10-13-25-26(18-22)34-28(21-8-11-24(12-9-21)32(2)3)27(25)29(33)31-23-14-16-30-17-15-23/h4-18H,1-3H3,(H,30,31,33). The summed E-state index contributed by atoms with van der Waals surface area (Å²) >= 11 is 1.66. The molecule has 0 aliphatic heterocycles. The number of pyridine rings is 1. The number of aryl methyl sites for hydroxylation is 1. The number of amides is 1. The highest BCUT2D eigenvalue weighted by atomic mass is 32.1. The fourth-order valence-corrected chi connectivity index (χ4v) is 5.24. The highest BCUT2D eigenvalue weighted by Gasteiger charge is 2.21.